The Labute approximate surface area is 139 Å². The molecule has 2 fully saturated rings. The average molecular weight is 341 g/mol. The third kappa shape index (κ3) is 4.35. The molecule has 2 aliphatic rings. The minimum atomic E-state index is -3.39. The summed E-state index contributed by atoms with van der Waals surface area (Å²) in [5.74, 6) is 0.841. The molecule has 0 spiro atoms. The largest absolute Gasteiger partial charge is 0.468 e. The minimum absolute atomic E-state index is 0.0233. The summed E-state index contributed by atoms with van der Waals surface area (Å²) in [6, 6.07) is 3.78. The van der Waals surface area contributed by atoms with Gasteiger partial charge in [-0.2, -0.15) is 12.7 Å². The molecule has 0 aliphatic carbocycles. The van der Waals surface area contributed by atoms with Crippen LogP contribution in [0.25, 0.3) is 0 Å². The van der Waals surface area contributed by atoms with Crippen molar-refractivity contribution in [2.24, 2.45) is 0 Å². The van der Waals surface area contributed by atoms with Gasteiger partial charge in [-0.15, -0.1) is 0 Å². The molecule has 1 atom stereocenters. The molecule has 0 radical (unpaired) electrons. The Morgan fingerprint density at radius 1 is 1.04 bits per heavy atom. The van der Waals surface area contributed by atoms with Crippen molar-refractivity contribution in [2.75, 3.05) is 32.7 Å². The van der Waals surface area contributed by atoms with E-state index < -0.39 is 10.2 Å². The maximum Gasteiger partial charge on any atom is 0.279 e. The summed E-state index contributed by atoms with van der Waals surface area (Å²) in [5.41, 5.74) is 0. The van der Waals surface area contributed by atoms with E-state index in [0.717, 1.165) is 51.0 Å². The molecule has 1 aromatic heterocycles. The van der Waals surface area contributed by atoms with E-state index in [1.165, 1.54) is 6.42 Å². The van der Waals surface area contributed by atoms with Crippen molar-refractivity contribution in [3.8, 4) is 0 Å². The third-order valence-corrected chi connectivity index (χ3v) is 6.39. The molecule has 7 heteroatoms. The first-order valence-corrected chi connectivity index (χ1v) is 10.1. The van der Waals surface area contributed by atoms with E-state index >= 15 is 0 Å². The smallest absolute Gasteiger partial charge is 0.279 e. The number of nitrogens with zero attached hydrogens (tertiary/aromatic N) is 2. The first-order chi connectivity index (χ1) is 11.2. The molecule has 1 aromatic rings. The van der Waals surface area contributed by atoms with Gasteiger partial charge in [0.05, 0.1) is 12.3 Å². The molecule has 3 rings (SSSR count). The highest BCUT2D eigenvalue weighted by atomic mass is 32.2. The van der Waals surface area contributed by atoms with Crippen LogP contribution in [0.15, 0.2) is 22.8 Å². The van der Waals surface area contributed by atoms with Gasteiger partial charge >= 0.3 is 0 Å². The highest BCUT2D eigenvalue weighted by molar-refractivity contribution is 7.87. The summed E-state index contributed by atoms with van der Waals surface area (Å²) in [6.07, 6.45) is 8.26. The van der Waals surface area contributed by atoms with E-state index in [1.54, 1.807) is 10.6 Å². The average Bonchev–Trinajstić information content (AvgIpc) is 3.11. The van der Waals surface area contributed by atoms with Crippen molar-refractivity contribution in [1.29, 1.82) is 0 Å². The summed E-state index contributed by atoms with van der Waals surface area (Å²) in [5, 5.41) is 0. The summed E-state index contributed by atoms with van der Waals surface area (Å²) in [6.45, 7) is 3.62. The molecule has 2 aliphatic heterocycles. The van der Waals surface area contributed by atoms with Gasteiger partial charge in [-0.1, -0.05) is 12.8 Å². The van der Waals surface area contributed by atoms with E-state index in [-0.39, 0.29) is 6.04 Å². The fraction of sp³-hybridized carbons (Fsp3) is 0.750. The predicted octanol–water partition coefficient (Wildman–Crippen LogP) is 2.13. The lowest BCUT2D eigenvalue weighted by Gasteiger charge is -2.34. The molecule has 0 bridgehead atoms. The predicted molar refractivity (Wildman–Crippen MR) is 89.2 cm³/mol. The zero-order chi connectivity index (χ0) is 16.1. The Balaban J connectivity index is 1.66. The molecule has 0 aromatic carbocycles. The lowest BCUT2D eigenvalue weighted by molar-refractivity contribution is 0.146. The lowest BCUT2D eigenvalue weighted by atomic mass is 10.1. The van der Waals surface area contributed by atoms with Crippen LogP contribution in [-0.4, -0.2) is 50.3 Å². The summed E-state index contributed by atoms with van der Waals surface area (Å²) in [7, 11) is -3.39. The van der Waals surface area contributed by atoms with Crippen LogP contribution < -0.4 is 4.72 Å². The van der Waals surface area contributed by atoms with Gasteiger partial charge in [0.1, 0.15) is 5.76 Å². The molecule has 6 nitrogen and oxygen atoms in total. The van der Waals surface area contributed by atoms with E-state index in [4.69, 9.17) is 4.42 Å². The Bertz CT molecular complexity index is 561. The quantitative estimate of drug-likeness (QED) is 0.861. The highest BCUT2D eigenvalue weighted by Gasteiger charge is 2.29. The van der Waals surface area contributed by atoms with Gasteiger partial charge in [0.15, 0.2) is 0 Å². The molecule has 0 amide bonds. The summed E-state index contributed by atoms with van der Waals surface area (Å²) in [4.78, 5) is 2.33. The molecular weight excluding hydrogens is 314 g/mol. The van der Waals surface area contributed by atoms with Crippen LogP contribution in [0, 0.1) is 0 Å². The lowest BCUT2D eigenvalue weighted by Crippen LogP contribution is -2.47. The van der Waals surface area contributed by atoms with Crippen LogP contribution in [0.1, 0.15) is 50.3 Å². The summed E-state index contributed by atoms with van der Waals surface area (Å²) >= 11 is 0. The van der Waals surface area contributed by atoms with E-state index in [9.17, 15) is 8.42 Å². The zero-order valence-electron chi connectivity index (χ0n) is 13.6. The van der Waals surface area contributed by atoms with Gasteiger partial charge in [-0.05, 0) is 50.9 Å². The van der Waals surface area contributed by atoms with Crippen LogP contribution in [0.3, 0.4) is 0 Å². The van der Waals surface area contributed by atoms with Gasteiger partial charge < -0.3 is 4.42 Å². The Kier molecular flexibility index (Phi) is 5.74. The number of hydrogen-bond acceptors (Lipinski definition) is 4. The number of hydrogen-bond donors (Lipinski definition) is 1. The van der Waals surface area contributed by atoms with Crippen molar-refractivity contribution in [1.82, 2.24) is 13.9 Å². The van der Waals surface area contributed by atoms with Crippen LogP contribution >= 0.6 is 0 Å². The molecule has 3 heterocycles. The molecule has 0 saturated carbocycles. The molecule has 1 N–H and O–H groups in total. The SMILES string of the molecule is O=S(=O)(NC[C@@H](c1ccco1)N1CCCCC1)N1CCCCC1. The standard InChI is InChI=1S/C16H27N3O3S/c20-23(21,19-11-5-2-6-12-19)17-14-15(16-8-7-13-22-16)18-9-3-1-4-10-18/h7-8,13,15,17H,1-6,9-12,14H2/t15-/m0/s1. The second kappa shape index (κ2) is 7.79. The second-order valence-electron chi connectivity index (χ2n) is 6.44. The van der Waals surface area contributed by atoms with Crippen molar-refractivity contribution in [3.63, 3.8) is 0 Å². The molecule has 130 valence electrons. The highest BCUT2D eigenvalue weighted by Crippen LogP contribution is 2.25. The first-order valence-electron chi connectivity index (χ1n) is 8.69. The Morgan fingerprint density at radius 2 is 1.70 bits per heavy atom. The van der Waals surface area contributed by atoms with Crippen LogP contribution in [0.2, 0.25) is 0 Å². The third-order valence-electron chi connectivity index (χ3n) is 4.82. The molecular formula is C16H27N3O3S. The maximum atomic E-state index is 12.5. The second-order valence-corrected chi connectivity index (χ2v) is 8.20. The van der Waals surface area contributed by atoms with Gasteiger partial charge in [0.25, 0.3) is 10.2 Å². The fourth-order valence-corrected chi connectivity index (χ4v) is 4.79. The number of likely N-dealkylation sites (tertiary alicyclic amines) is 1. The van der Waals surface area contributed by atoms with Crippen LogP contribution in [0.4, 0.5) is 0 Å². The monoisotopic (exact) mass is 341 g/mol. The van der Waals surface area contributed by atoms with E-state index in [0.29, 0.717) is 19.6 Å². The van der Waals surface area contributed by atoms with Crippen molar-refractivity contribution >= 4 is 10.2 Å². The molecule has 23 heavy (non-hydrogen) atoms. The normalized spacial score (nSPS) is 23.0. The van der Waals surface area contributed by atoms with Gasteiger partial charge in [-0.3, -0.25) is 4.90 Å². The molecule has 2 saturated heterocycles. The zero-order valence-corrected chi connectivity index (χ0v) is 14.4. The van der Waals surface area contributed by atoms with Crippen LogP contribution in [-0.2, 0) is 10.2 Å². The fourth-order valence-electron chi connectivity index (χ4n) is 3.50. The van der Waals surface area contributed by atoms with Gasteiger partial charge in [0.2, 0.25) is 0 Å². The Hall–Kier alpha value is -0.890. The summed E-state index contributed by atoms with van der Waals surface area (Å²) < 4.78 is 35.0. The van der Waals surface area contributed by atoms with Crippen molar-refractivity contribution in [3.05, 3.63) is 24.2 Å². The molecule has 0 unspecified atom stereocenters. The Morgan fingerprint density at radius 3 is 2.30 bits per heavy atom. The van der Waals surface area contributed by atoms with Crippen molar-refractivity contribution < 1.29 is 12.8 Å². The number of furan rings is 1. The van der Waals surface area contributed by atoms with E-state index in [2.05, 4.69) is 9.62 Å². The van der Waals surface area contributed by atoms with E-state index in [1.807, 2.05) is 12.1 Å². The topological polar surface area (TPSA) is 65.8 Å². The minimum Gasteiger partial charge on any atom is -0.468 e. The number of piperidine rings is 2. The number of rotatable bonds is 6. The number of nitrogens with one attached hydrogen (secondary N) is 1. The van der Waals surface area contributed by atoms with Crippen LogP contribution in [0.5, 0.6) is 0 Å². The van der Waals surface area contributed by atoms with Gasteiger partial charge in [0, 0.05) is 19.6 Å². The maximum absolute atomic E-state index is 12.5. The first kappa shape index (κ1) is 17.0. The van der Waals surface area contributed by atoms with Crippen molar-refractivity contribution in [2.45, 2.75) is 44.6 Å². The van der Waals surface area contributed by atoms with Gasteiger partial charge in [-0.25, -0.2) is 4.72 Å².